The first-order chi connectivity index (χ1) is 8.90. The molecule has 0 saturated heterocycles. The van der Waals surface area contributed by atoms with E-state index in [0.29, 0.717) is 0 Å². The largest absolute Gasteiger partial charge is 0.315 e. The summed E-state index contributed by atoms with van der Waals surface area (Å²) >= 11 is 0. The van der Waals surface area contributed by atoms with Crippen molar-refractivity contribution in [2.24, 2.45) is 5.92 Å². The molecule has 0 aromatic carbocycles. The zero-order chi connectivity index (χ0) is 11.9. The second-order valence-electron chi connectivity index (χ2n) is 6.00. The Morgan fingerprint density at radius 1 is 1.22 bits per heavy atom. The van der Waals surface area contributed by atoms with E-state index in [1.54, 1.807) is 0 Å². The molecule has 1 aromatic rings. The molecule has 2 aliphatic carbocycles. The van der Waals surface area contributed by atoms with Crippen molar-refractivity contribution in [3.8, 4) is 0 Å². The predicted molar refractivity (Wildman–Crippen MR) is 68.0 cm³/mol. The third kappa shape index (κ3) is 1.95. The first-order valence-corrected chi connectivity index (χ1v) is 7.24. The molecular weight excluding hydrogens is 226 g/mol. The Hall–Kier alpha value is -0.940. The van der Waals surface area contributed by atoms with Crippen molar-refractivity contribution in [3.05, 3.63) is 12.2 Å². The van der Waals surface area contributed by atoms with Gasteiger partial charge in [-0.1, -0.05) is 0 Å². The van der Waals surface area contributed by atoms with Gasteiger partial charge in [0.25, 0.3) is 0 Å². The Morgan fingerprint density at radius 3 is 2.94 bits per heavy atom. The van der Waals surface area contributed by atoms with Crippen LogP contribution in [0.25, 0.3) is 0 Å². The Morgan fingerprint density at radius 2 is 2.17 bits per heavy atom. The average molecular weight is 247 g/mol. The van der Waals surface area contributed by atoms with Crippen LogP contribution in [0.5, 0.6) is 0 Å². The molecule has 2 saturated carbocycles. The van der Waals surface area contributed by atoms with Crippen LogP contribution in [0.4, 0.5) is 0 Å². The van der Waals surface area contributed by atoms with Gasteiger partial charge in [0.1, 0.15) is 12.2 Å². The molecule has 18 heavy (non-hydrogen) atoms. The molecule has 0 bridgehead atoms. The van der Waals surface area contributed by atoms with Gasteiger partial charge in [0.2, 0.25) is 0 Å². The van der Waals surface area contributed by atoms with E-state index in [2.05, 4.69) is 25.0 Å². The van der Waals surface area contributed by atoms with Gasteiger partial charge in [-0.3, -0.25) is 4.90 Å². The minimum absolute atomic E-state index is 0.779. The topological polar surface area (TPSA) is 46.0 Å². The molecule has 98 valence electrons. The monoisotopic (exact) mass is 247 g/mol. The number of nitrogens with one attached hydrogen (secondary N) is 1. The van der Waals surface area contributed by atoms with Crippen molar-refractivity contribution in [2.45, 2.75) is 50.9 Å². The van der Waals surface area contributed by atoms with Gasteiger partial charge in [-0.15, -0.1) is 10.2 Å². The van der Waals surface area contributed by atoms with E-state index in [9.17, 15) is 0 Å². The minimum atomic E-state index is 0.779. The molecule has 5 nitrogen and oxygen atoms in total. The van der Waals surface area contributed by atoms with Crippen LogP contribution in [0.1, 0.15) is 31.5 Å². The lowest BCUT2D eigenvalue weighted by Gasteiger charge is -2.45. The van der Waals surface area contributed by atoms with Crippen LogP contribution in [-0.2, 0) is 13.1 Å². The van der Waals surface area contributed by atoms with Crippen molar-refractivity contribution >= 4 is 0 Å². The molecule has 5 heteroatoms. The second-order valence-corrected chi connectivity index (χ2v) is 6.00. The summed E-state index contributed by atoms with van der Waals surface area (Å²) in [4.78, 5) is 2.62. The molecule has 2 fully saturated rings. The zero-order valence-corrected chi connectivity index (χ0v) is 10.8. The van der Waals surface area contributed by atoms with Crippen LogP contribution >= 0.6 is 0 Å². The van der Waals surface area contributed by atoms with E-state index in [-0.39, 0.29) is 0 Å². The van der Waals surface area contributed by atoms with Crippen LogP contribution in [-0.4, -0.2) is 44.8 Å². The molecule has 2 atom stereocenters. The van der Waals surface area contributed by atoms with Gasteiger partial charge >= 0.3 is 0 Å². The van der Waals surface area contributed by atoms with Crippen LogP contribution in [0, 0.1) is 5.92 Å². The fraction of sp³-hybridized carbons (Fsp3) is 0.846. The van der Waals surface area contributed by atoms with Crippen LogP contribution in [0.3, 0.4) is 0 Å². The highest BCUT2D eigenvalue weighted by Crippen LogP contribution is 2.34. The molecule has 0 spiro atoms. The van der Waals surface area contributed by atoms with Crippen molar-refractivity contribution in [1.29, 1.82) is 0 Å². The molecule has 1 aromatic heterocycles. The van der Waals surface area contributed by atoms with E-state index in [1.165, 1.54) is 32.2 Å². The maximum Gasteiger partial charge on any atom is 0.147 e. The predicted octanol–water partition coefficient (Wildman–Crippen LogP) is 0.624. The molecular formula is C13H21N5. The molecule has 3 aliphatic rings. The summed E-state index contributed by atoms with van der Waals surface area (Å²) in [6, 6.07) is 1.62. The average Bonchev–Trinajstić information content (AvgIpc) is 3.05. The lowest BCUT2D eigenvalue weighted by atomic mass is 9.78. The molecule has 4 rings (SSSR count). The van der Waals surface area contributed by atoms with Crippen LogP contribution in [0.2, 0.25) is 0 Å². The van der Waals surface area contributed by atoms with Gasteiger partial charge in [-0.25, -0.2) is 0 Å². The van der Waals surface area contributed by atoms with Crippen molar-refractivity contribution in [3.63, 3.8) is 0 Å². The highest BCUT2D eigenvalue weighted by Gasteiger charge is 2.37. The Labute approximate surface area is 108 Å². The number of rotatable bonds is 4. The summed E-state index contributed by atoms with van der Waals surface area (Å²) in [7, 11) is 0. The zero-order valence-electron chi connectivity index (χ0n) is 10.8. The number of nitrogens with zero attached hydrogens (tertiary/aromatic N) is 4. The lowest BCUT2D eigenvalue weighted by Crippen LogP contribution is -2.52. The minimum Gasteiger partial charge on any atom is -0.315 e. The SMILES string of the molecule is c1nnc2n1CCN(C1CCC1CNC1CC1)C2. The first-order valence-electron chi connectivity index (χ1n) is 7.24. The maximum absolute atomic E-state index is 4.21. The summed E-state index contributed by atoms with van der Waals surface area (Å²) in [6.45, 7) is 4.43. The van der Waals surface area contributed by atoms with Crippen molar-refractivity contribution < 1.29 is 0 Å². The smallest absolute Gasteiger partial charge is 0.147 e. The fourth-order valence-corrected chi connectivity index (χ4v) is 3.24. The summed E-state index contributed by atoms with van der Waals surface area (Å²) in [6.07, 6.45) is 7.41. The normalized spacial score (nSPS) is 32.0. The Bertz CT molecular complexity index is 425. The van der Waals surface area contributed by atoms with Gasteiger partial charge in [0.15, 0.2) is 0 Å². The fourth-order valence-electron chi connectivity index (χ4n) is 3.24. The van der Waals surface area contributed by atoms with Gasteiger partial charge in [0.05, 0.1) is 6.54 Å². The molecule has 2 unspecified atom stereocenters. The number of fused-ring (bicyclic) bond motifs is 1. The van der Waals surface area contributed by atoms with Gasteiger partial charge in [0, 0.05) is 25.2 Å². The summed E-state index contributed by atoms with van der Waals surface area (Å²) < 4.78 is 2.19. The van der Waals surface area contributed by atoms with Gasteiger partial charge in [-0.05, 0) is 38.1 Å². The summed E-state index contributed by atoms with van der Waals surface area (Å²) in [5.41, 5.74) is 0. The number of hydrogen-bond donors (Lipinski definition) is 1. The van der Waals surface area contributed by atoms with E-state index < -0.39 is 0 Å². The second kappa shape index (κ2) is 4.31. The maximum atomic E-state index is 4.21. The molecule has 0 amide bonds. The first kappa shape index (κ1) is 10.9. The van der Waals surface area contributed by atoms with Crippen molar-refractivity contribution in [1.82, 2.24) is 25.0 Å². The number of aromatic nitrogens is 3. The van der Waals surface area contributed by atoms with E-state index >= 15 is 0 Å². The van der Waals surface area contributed by atoms with Gasteiger partial charge in [-0.2, -0.15) is 0 Å². The summed E-state index contributed by atoms with van der Waals surface area (Å²) in [5, 5.41) is 11.9. The van der Waals surface area contributed by atoms with Crippen LogP contribution < -0.4 is 5.32 Å². The van der Waals surface area contributed by atoms with Crippen molar-refractivity contribution in [2.75, 3.05) is 13.1 Å². The highest BCUT2D eigenvalue weighted by atomic mass is 15.3. The lowest BCUT2D eigenvalue weighted by molar-refractivity contribution is 0.0395. The third-order valence-electron chi connectivity index (χ3n) is 4.76. The van der Waals surface area contributed by atoms with E-state index in [1.807, 2.05) is 6.33 Å². The molecule has 2 heterocycles. The molecule has 1 aliphatic heterocycles. The number of hydrogen-bond acceptors (Lipinski definition) is 4. The standard InChI is InChI=1S/C13H21N5/c1-4-12(10(1)7-14-11-2-3-11)17-5-6-18-9-15-16-13(18)8-17/h9-12,14H,1-8H2. The Balaban J connectivity index is 1.36. The highest BCUT2D eigenvalue weighted by molar-refractivity contribution is 4.97. The quantitative estimate of drug-likeness (QED) is 0.847. The van der Waals surface area contributed by atoms with E-state index in [4.69, 9.17) is 0 Å². The van der Waals surface area contributed by atoms with Crippen LogP contribution in [0.15, 0.2) is 6.33 Å². The third-order valence-corrected chi connectivity index (χ3v) is 4.76. The summed E-state index contributed by atoms with van der Waals surface area (Å²) in [5.74, 6) is 2.00. The Kier molecular flexibility index (Phi) is 2.62. The van der Waals surface area contributed by atoms with E-state index in [0.717, 1.165) is 43.5 Å². The molecule has 0 radical (unpaired) electrons. The van der Waals surface area contributed by atoms with Gasteiger partial charge < -0.3 is 9.88 Å². The molecule has 1 N–H and O–H groups in total.